The molecular formula is C20H25N3O4. The van der Waals surface area contributed by atoms with E-state index in [9.17, 15) is 19.5 Å². The zero-order valence-corrected chi connectivity index (χ0v) is 16.0. The van der Waals surface area contributed by atoms with Crippen LogP contribution in [0.15, 0.2) is 35.4 Å². The predicted molar refractivity (Wildman–Crippen MR) is 102 cm³/mol. The number of carboxylic acid groups (broad SMARTS) is 1. The minimum Gasteiger partial charge on any atom is -0.480 e. The Morgan fingerprint density at radius 2 is 1.89 bits per heavy atom. The molecule has 1 atom stereocenters. The van der Waals surface area contributed by atoms with Crippen LogP contribution in [-0.4, -0.2) is 32.6 Å². The molecule has 0 aromatic carbocycles. The molecule has 0 aliphatic heterocycles. The summed E-state index contributed by atoms with van der Waals surface area (Å²) in [6, 6.07) is 4.11. The summed E-state index contributed by atoms with van der Waals surface area (Å²) in [5.41, 5.74) is 2.06. The number of aryl methyl sites for hydroxylation is 1. The lowest BCUT2D eigenvalue weighted by Gasteiger charge is -2.20. The summed E-state index contributed by atoms with van der Waals surface area (Å²) in [7, 11) is 0. The molecular weight excluding hydrogens is 346 g/mol. The van der Waals surface area contributed by atoms with Gasteiger partial charge in [0, 0.05) is 18.1 Å². The van der Waals surface area contributed by atoms with Crippen LogP contribution in [0.4, 0.5) is 0 Å². The lowest BCUT2D eigenvalue weighted by Crippen LogP contribution is -2.46. The van der Waals surface area contributed by atoms with Crippen molar-refractivity contribution < 1.29 is 14.7 Å². The number of amides is 1. The zero-order chi connectivity index (χ0) is 20.1. The quantitative estimate of drug-likeness (QED) is 0.775. The van der Waals surface area contributed by atoms with E-state index >= 15 is 0 Å². The highest BCUT2D eigenvalue weighted by Gasteiger charge is 2.26. The molecule has 0 bridgehead atoms. The summed E-state index contributed by atoms with van der Waals surface area (Å²) in [6.45, 7) is 7.51. The van der Waals surface area contributed by atoms with Crippen molar-refractivity contribution in [2.75, 3.05) is 0 Å². The molecule has 0 saturated heterocycles. The molecule has 2 rings (SSSR count). The Bertz CT molecular complexity index is 888. The predicted octanol–water partition coefficient (Wildman–Crippen LogP) is 2.00. The number of aromatic nitrogens is 2. The van der Waals surface area contributed by atoms with Crippen LogP contribution in [-0.2, 0) is 17.8 Å². The number of carbonyl (C=O) groups is 2. The second-order valence-corrected chi connectivity index (χ2v) is 6.82. The monoisotopic (exact) mass is 371 g/mol. The minimum atomic E-state index is -1.13. The normalized spacial score (nSPS) is 12.0. The van der Waals surface area contributed by atoms with Crippen LogP contribution in [0.2, 0.25) is 0 Å². The van der Waals surface area contributed by atoms with Gasteiger partial charge < -0.3 is 15.0 Å². The van der Waals surface area contributed by atoms with Crippen LogP contribution in [0.3, 0.4) is 0 Å². The molecule has 2 heterocycles. The van der Waals surface area contributed by atoms with E-state index in [-0.39, 0.29) is 11.5 Å². The summed E-state index contributed by atoms with van der Waals surface area (Å²) in [5.74, 6) is -2.10. The molecule has 0 aliphatic carbocycles. The van der Waals surface area contributed by atoms with Crippen molar-refractivity contribution in [1.82, 2.24) is 14.9 Å². The summed E-state index contributed by atoms with van der Waals surface area (Å²) in [5, 5.41) is 11.8. The van der Waals surface area contributed by atoms with E-state index < -0.39 is 23.5 Å². The van der Waals surface area contributed by atoms with Crippen molar-refractivity contribution in [2.45, 2.75) is 46.7 Å². The number of aliphatic carboxylic acids is 1. The Morgan fingerprint density at radius 3 is 2.41 bits per heavy atom. The highest BCUT2D eigenvalue weighted by atomic mass is 16.4. The molecule has 0 spiro atoms. The van der Waals surface area contributed by atoms with Gasteiger partial charge in [0.05, 0.1) is 6.54 Å². The highest BCUT2D eigenvalue weighted by molar-refractivity contribution is 5.96. The van der Waals surface area contributed by atoms with Gasteiger partial charge in [-0.3, -0.25) is 14.6 Å². The van der Waals surface area contributed by atoms with Gasteiger partial charge in [0.15, 0.2) is 0 Å². The molecule has 1 amide bonds. The van der Waals surface area contributed by atoms with Crippen LogP contribution in [0.1, 0.15) is 48.0 Å². The van der Waals surface area contributed by atoms with Gasteiger partial charge in [0.1, 0.15) is 11.6 Å². The molecule has 7 heteroatoms. The molecule has 0 radical (unpaired) electrons. The number of hydrogen-bond donors (Lipinski definition) is 2. The van der Waals surface area contributed by atoms with Gasteiger partial charge in [-0.1, -0.05) is 20.8 Å². The van der Waals surface area contributed by atoms with Gasteiger partial charge >= 0.3 is 5.97 Å². The lowest BCUT2D eigenvalue weighted by atomic mass is 10.0. The van der Waals surface area contributed by atoms with E-state index in [4.69, 9.17) is 0 Å². The standard InChI is InChI=1S/C20H25N3O4/c1-5-16-13(4)10-15(18(24)22-17(12(2)3)20(26)27)19(25)23(16)11-14-6-8-21-9-7-14/h6-10,12,17H,5,11H2,1-4H3,(H,22,24)(H,26,27)/t17-/m0/s1. The number of nitrogens with zero attached hydrogens (tertiary/aromatic N) is 2. The van der Waals surface area contributed by atoms with Gasteiger partial charge in [0.25, 0.3) is 11.5 Å². The van der Waals surface area contributed by atoms with E-state index in [1.54, 1.807) is 36.9 Å². The third kappa shape index (κ3) is 4.61. The third-order valence-electron chi connectivity index (χ3n) is 4.51. The molecule has 2 aromatic heterocycles. The van der Waals surface area contributed by atoms with Crippen molar-refractivity contribution >= 4 is 11.9 Å². The molecule has 144 valence electrons. The first kappa shape index (κ1) is 20.4. The molecule has 0 aliphatic rings. The fourth-order valence-corrected chi connectivity index (χ4v) is 3.05. The Balaban J connectivity index is 2.47. The van der Waals surface area contributed by atoms with Crippen LogP contribution in [0, 0.1) is 12.8 Å². The average Bonchev–Trinajstić information content (AvgIpc) is 2.62. The zero-order valence-electron chi connectivity index (χ0n) is 16.0. The number of carboxylic acids is 1. The van der Waals surface area contributed by atoms with Gasteiger partial charge in [-0.05, 0) is 48.6 Å². The molecule has 2 aromatic rings. The molecule has 27 heavy (non-hydrogen) atoms. The lowest BCUT2D eigenvalue weighted by molar-refractivity contribution is -0.140. The van der Waals surface area contributed by atoms with Crippen molar-refractivity contribution in [3.05, 3.63) is 63.3 Å². The molecule has 0 fully saturated rings. The first-order valence-corrected chi connectivity index (χ1v) is 8.92. The number of pyridine rings is 2. The van der Waals surface area contributed by atoms with Crippen LogP contribution in [0.5, 0.6) is 0 Å². The van der Waals surface area contributed by atoms with Gasteiger partial charge in [-0.25, -0.2) is 4.79 Å². The van der Waals surface area contributed by atoms with Gasteiger partial charge in [-0.2, -0.15) is 0 Å². The van der Waals surface area contributed by atoms with Crippen molar-refractivity contribution in [1.29, 1.82) is 0 Å². The molecule has 2 N–H and O–H groups in total. The summed E-state index contributed by atoms with van der Waals surface area (Å²) in [6.07, 6.45) is 3.93. The average molecular weight is 371 g/mol. The Kier molecular flexibility index (Phi) is 6.50. The van der Waals surface area contributed by atoms with E-state index in [0.717, 1.165) is 16.8 Å². The van der Waals surface area contributed by atoms with Gasteiger partial charge in [0.2, 0.25) is 0 Å². The molecule has 0 unspecified atom stereocenters. The Labute approximate surface area is 158 Å². The fourth-order valence-electron chi connectivity index (χ4n) is 3.05. The van der Waals surface area contributed by atoms with Crippen LogP contribution >= 0.6 is 0 Å². The largest absolute Gasteiger partial charge is 0.480 e. The maximum Gasteiger partial charge on any atom is 0.326 e. The maximum absolute atomic E-state index is 13.0. The van der Waals surface area contributed by atoms with Crippen molar-refractivity contribution in [3.8, 4) is 0 Å². The summed E-state index contributed by atoms with van der Waals surface area (Å²) >= 11 is 0. The van der Waals surface area contributed by atoms with Crippen molar-refractivity contribution in [3.63, 3.8) is 0 Å². The van der Waals surface area contributed by atoms with E-state index in [1.165, 1.54) is 0 Å². The first-order valence-electron chi connectivity index (χ1n) is 8.92. The summed E-state index contributed by atoms with van der Waals surface area (Å²) in [4.78, 5) is 41.0. The second kappa shape index (κ2) is 8.62. The summed E-state index contributed by atoms with van der Waals surface area (Å²) < 4.78 is 1.57. The Morgan fingerprint density at radius 1 is 1.26 bits per heavy atom. The maximum atomic E-state index is 13.0. The van der Waals surface area contributed by atoms with Crippen LogP contribution < -0.4 is 10.9 Å². The van der Waals surface area contributed by atoms with Gasteiger partial charge in [-0.15, -0.1) is 0 Å². The Hall–Kier alpha value is -2.96. The van der Waals surface area contributed by atoms with E-state index in [2.05, 4.69) is 10.3 Å². The van der Waals surface area contributed by atoms with E-state index in [1.807, 2.05) is 26.0 Å². The number of hydrogen-bond acceptors (Lipinski definition) is 4. The molecule has 0 saturated carbocycles. The highest BCUT2D eigenvalue weighted by Crippen LogP contribution is 2.12. The minimum absolute atomic E-state index is 0.0503. The topological polar surface area (TPSA) is 101 Å². The number of carbonyl (C=O) groups excluding carboxylic acids is 1. The number of nitrogens with one attached hydrogen (secondary N) is 1. The second-order valence-electron chi connectivity index (χ2n) is 6.82. The first-order chi connectivity index (χ1) is 12.8. The van der Waals surface area contributed by atoms with Crippen molar-refractivity contribution in [2.24, 2.45) is 5.92 Å². The smallest absolute Gasteiger partial charge is 0.326 e. The van der Waals surface area contributed by atoms with Crippen LogP contribution in [0.25, 0.3) is 0 Å². The van der Waals surface area contributed by atoms with E-state index in [0.29, 0.717) is 13.0 Å². The molecule has 7 nitrogen and oxygen atoms in total. The number of rotatable bonds is 7. The SMILES string of the molecule is CCc1c(C)cc(C(=O)N[C@H](C(=O)O)C(C)C)c(=O)n1Cc1ccncc1. The fraction of sp³-hybridized carbons (Fsp3) is 0.400. The third-order valence-corrected chi connectivity index (χ3v) is 4.51.